The highest BCUT2D eigenvalue weighted by molar-refractivity contribution is 5.78. The molecule has 2 rings (SSSR count). The lowest BCUT2D eigenvalue weighted by molar-refractivity contribution is -0.136. The molecule has 1 amide bonds. The van der Waals surface area contributed by atoms with E-state index in [-0.39, 0.29) is 12.5 Å². The summed E-state index contributed by atoms with van der Waals surface area (Å²) in [6.07, 6.45) is 3.38. The zero-order valence-electron chi connectivity index (χ0n) is 12.3. The number of benzene rings is 1. The Morgan fingerprint density at radius 1 is 1.25 bits per heavy atom. The van der Waals surface area contributed by atoms with Crippen molar-refractivity contribution in [2.45, 2.75) is 39.2 Å². The summed E-state index contributed by atoms with van der Waals surface area (Å²) in [7, 11) is 0. The van der Waals surface area contributed by atoms with Gasteiger partial charge in [-0.2, -0.15) is 0 Å². The minimum absolute atomic E-state index is 0.0588. The van der Waals surface area contributed by atoms with Gasteiger partial charge in [0.25, 0.3) is 5.91 Å². The van der Waals surface area contributed by atoms with Gasteiger partial charge in [-0.1, -0.05) is 12.1 Å². The number of nitrogens with zero attached hydrogens (tertiary/aromatic N) is 1. The number of hydrogen-bond donors (Lipinski definition) is 0. The van der Waals surface area contributed by atoms with Crippen LogP contribution in [0.2, 0.25) is 0 Å². The van der Waals surface area contributed by atoms with E-state index in [2.05, 4.69) is 6.92 Å². The summed E-state index contributed by atoms with van der Waals surface area (Å²) < 4.78 is 11.1. The van der Waals surface area contributed by atoms with Crippen LogP contribution in [-0.2, 0) is 4.79 Å². The van der Waals surface area contributed by atoms with Gasteiger partial charge in [0.1, 0.15) is 0 Å². The highest BCUT2D eigenvalue weighted by Gasteiger charge is 2.23. The molecule has 0 N–H and O–H groups in total. The predicted molar refractivity (Wildman–Crippen MR) is 78.1 cm³/mol. The number of amides is 1. The van der Waals surface area contributed by atoms with Gasteiger partial charge in [0.05, 0.1) is 6.61 Å². The summed E-state index contributed by atoms with van der Waals surface area (Å²) >= 11 is 0. The number of carbonyl (C=O) groups excluding carboxylic acids is 1. The molecule has 0 bridgehead atoms. The van der Waals surface area contributed by atoms with E-state index >= 15 is 0 Å². The van der Waals surface area contributed by atoms with Crippen molar-refractivity contribution in [2.75, 3.05) is 19.8 Å². The minimum Gasteiger partial charge on any atom is -0.490 e. The van der Waals surface area contributed by atoms with Gasteiger partial charge in [-0.15, -0.1) is 0 Å². The lowest BCUT2D eigenvalue weighted by Crippen LogP contribution is -2.44. The second kappa shape index (κ2) is 7.17. The zero-order chi connectivity index (χ0) is 14.4. The van der Waals surface area contributed by atoms with E-state index in [1.54, 1.807) is 0 Å². The number of carbonyl (C=O) groups is 1. The standard InChI is InChI=1S/C16H23NO3/c1-3-19-14-9-4-5-10-15(14)20-12-16(18)17-11-7-6-8-13(17)2/h4-5,9-10,13H,3,6-8,11-12H2,1-2H3. The van der Waals surface area contributed by atoms with Crippen molar-refractivity contribution in [3.05, 3.63) is 24.3 Å². The van der Waals surface area contributed by atoms with Crippen LogP contribution >= 0.6 is 0 Å². The van der Waals surface area contributed by atoms with Gasteiger partial charge in [0, 0.05) is 12.6 Å². The molecular formula is C16H23NO3. The summed E-state index contributed by atoms with van der Waals surface area (Å²) in [6.45, 7) is 5.53. The van der Waals surface area contributed by atoms with Crippen LogP contribution in [0, 0.1) is 0 Å². The Morgan fingerprint density at radius 3 is 2.60 bits per heavy atom. The maximum absolute atomic E-state index is 12.2. The van der Waals surface area contributed by atoms with Gasteiger partial charge in [-0.25, -0.2) is 0 Å². The van der Waals surface area contributed by atoms with Gasteiger partial charge in [0.2, 0.25) is 0 Å². The van der Waals surface area contributed by atoms with Crippen LogP contribution in [0.4, 0.5) is 0 Å². The molecule has 0 aromatic heterocycles. The third-order valence-corrected chi connectivity index (χ3v) is 3.62. The van der Waals surface area contributed by atoms with E-state index < -0.39 is 0 Å². The van der Waals surface area contributed by atoms with Crippen molar-refractivity contribution in [2.24, 2.45) is 0 Å². The predicted octanol–water partition coefficient (Wildman–Crippen LogP) is 2.87. The molecule has 0 radical (unpaired) electrons. The van der Waals surface area contributed by atoms with Crippen molar-refractivity contribution in [1.29, 1.82) is 0 Å². The van der Waals surface area contributed by atoms with Crippen molar-refractivity contribution in [3.63, 3.8) is 0 Å². The summed E-state index contributed by atoms with van der Waals surface area (Å²) in [5.41, 5.74) is 0. The van der Waals surface area contributed by atoms with E-state index in [9.17, 15) is 4.79 Å². The van der Waals surface area contributed by atoms with Gasteiger partial charge in [-0.05, 0) is 45.2 Å². The molecule has 0 spiro atoms. The van der Waals surface area contributed by atoms with E-state index in [1.165, 1.54) is 6.42 Å². The van der Waals surface area contributed by atoms with Crippen molar-refractivity contribution >= 4 is 5.91 Å². The SMILES string of the molecule is CCOc1ccccc1OCC(=O)N1CCCCC1C. The van der Waals surface area contributed by atoms with Crippen molar-refractivity contribution < 1.29 is 14.3 Å². The normalized spacial score (nSPS) is 18.7. The number of likely N-dealkylation sites (tertiary alicyclic amines) is 1. The Labute approximate surface area is 120 Å². The van der Waals surface area contributed by atoms with Gasteiger partial charge in [-0.3, -0.25) is 4.79 Å². The van der Waals surface area contributed by atoms with Crippen molar-refractivity contribution in [3.8, 4) is 11.5 Å². The third kappa shape index (κ3) is 3.65. The first-order chi connectivity index (χ1) is 9.72. The smallest absolute Gasteiger partial charge is 0.260 e. The summed E-state index contributed by atoms with van der Waals surface area (Å²) in [5.74, 6) is 1.38. The Morgan fingerprint density at radius 2 is 1.95 bits per heavy atom. The highest BCUT2D eigenvalue weighted by atomic mass is 16.5. The molecule has 1 fully saturated rings. The van der Waals surface area contributed by atoms with E-state index in [4.69, 9.17) is 9.47 Å². The first-order valence-corrected chi connectivity index (χ1v) is 7.36. The fourth-order valence-corrected chi connectivity index (χ4v) is 2.54. The van der Waals surface area contributed by atoms with Crippen LogP contribution in [0.1, 0.15) is 33.1 Å². The molecule has 4 heteroatoms. The molecule has 4 nitrogen and oxygen atoms in total. The summed E-state index contributed by atoms with van der Waals surface area (Å²) in [5, 5.41) is 0. The molecule has 1 saturated heterocycles. The number of rotatable bonds is 5. The first kappa shape index (κ1) is 14.7. The Hall–Kier alpha value is -1.71. The third-order valence-electron chi connectivity index (χ3n) is 3.62. The molecule has 1 aliphatic rings. The van der Waals surface area contributed by atoms with Gasteiger partial charge >= 0.3 is 0 Å². The number of piperidine rings is 1. The van der Waals surface area contributed by atoms with Crippen LogP contribution in [0.25, 0.3) is 0 Å². The fourth-order valence-electron chi connectivity index (χ4n) is 2.54. The van der Waals surface area contributed by atoms with E-state index in [1.807, 2.05) is 36.1 Å². The molecule has 1 aliphatic heterocycles. The van der Waals surface area contributed by atoms with Crippen LogP contribution in [0.15, 0.2) is 24.3 Å². The average molecular weight is 277 g/mol. The van der Waals surface area contributed by atoms with E-state index in [0.717, 1.165) is 19.4 Å². The topological polar surface area (TPSA) is 38.8 Å². The van der Waals surface area contributed by atoms with E-state index in [0.29, 0.717) is 24.1 Å². The number of hydrogen-bond acceptors (Lipinski definition) is 3. The molecule has 1 heterocycles. The summed E-state index contributed by atoms with van der Waals surface area (Å²) in [6, 6.07) is 7.78. The summed E-state index contributed by atoms with van der Waals surface area (Å²) in [4.78, 5) is 14.1. The Balaban J connectivity index is 1.92. The lowest BCUT2D eigenvalue weighted by atomic mass is 10.0. The van der Waals surface area contributed by atoms with Gasteiger partial charge < -0.3 is 14.4 Å². The van der Waals surface area contributed by atoms with Crippen LogP contribution in [0.5, 0.6) is 11.5 Å². The molecule has 0 aliphatic carbocycles. The molecular weight excluding hydrogens is 254 g/mol. The second-order valence-electron chi connectivity index (χ2n) is 5.10. The largest absolute Gasteiger partial charge is 0.490 e. The first-order valence-electron chi connectivity index (χ1n) is 7.36. The molecule has 1 aromatic carbocycles. The van der Waals surface area contributed by atoms with Gasteiger partial charge in [0.15, 0.2) is 18.1 Å². The molecule has 1 atom stereocenters. The molecule has 110 valence electrons. The quantitative estimate of drug-likeness (QED) is 0.830. The average Bonchev–Trinajstić information content (AvgIpc) is 2.47. The molecule has 1 unspecified atom stereocenters. The fraction of sp³-hybridized carbons (Fsp3) is 0.562. The Kier molecular flexibility index (Phi) is 5.27. The van der Waals surface area contributed by atoms with Crippen LogP contribution in [-0.4, -0.2) is 36.6 Å². The maximum atomic E-state index is 12.2. The van der Waals surface area contributed by atoms with Crippen LogP contribution < -0.4 is 9.47 Å². The number of ether oxygens (including phenoxy) is 2. The molecule has 20 heavy (non-hydrogen) atoms. The lowest BCUT2D eigenvalue weighted by Gasteiger charge is -2.33. The Bertz CT molecular complexity index is 447. The minimum atomic E-state index is 0.0588. The zero-order valence-corrected chi connectivity index (χ0v) is 12.3. The molecule has 1 aromatic rings. The molecule has 0 saturated carbocycles. The maximum Gasteiger partial charge on any atom is 0.260 e. The van der Waals surface area contributed by atoms with Crippen LogP contribution in [0.3, 0.4) is 0 Å². The number of para-hydroxylation sites is 2. The monoisotopic (exact) mass is 277 g/mol. The second-order valence-corrected chi connectivity index (χ2v) is 5.10. The van der Waals surface area contributed by atoms with Crippen molar-refractivity contribution in [1.82, 2.24) is 4.90 Å². The highest BCUT2D eigenvalue weighted by Crippen LogP contribution is 2.26.